The lowest BCUT2D eigenvalue weighted by Crippen LogP contribution is -2.46. The van der Waals surface area contributed by atoms with Crippen molar-refractivity contribution >= 4 is 21.6 Å². The number of nitro groups is 1. The van der Waals surface area contributed by atoms with Crippen molar-refractivity contribution < 1.29 is 35.5 Å². The first-order chi connectivity index (χ1) is 14.8. The first-order valence-corrected chi connectivity index (χ1v) is 12.1. The van der Waals surface area contributed by atoms with E-state index in [2.05, 4.69) is 4.18 Å². The van der Waals surface area contributed by atoms with Crippen LogP contribution in [-0.4, -0.2) is 24.6 Å². The van der Waals surface area contributed by atoms with Gasteiger partial charge in [0.15, 0.2) is 0 Å². The molecular weight excluding hydrogens is 451 g/mol. The van der Waals surface area contributed by atoms with Gasteiger partial charge >= 0.3 is 21.3 Å². The van der Waals surface area contributed by atoms with Crippen LogP contribution in [0.5, 0.6) is 5.75 Å². The Morgan fingerprint density at radius 1 is 1.25 bits per heavy atom. The van der Waals surface area contributed by atoms with Crippen molar-refractivity contribution in [2.24, 2.45) is 23.2 Å². The number of halogens is 3. The van der Waals surface area contributed by atoms with Crippen LogP contribution >= 0.6 is 0 Å². The van der Waals surface area contributed by atoms with Crippen molar-refractivity contribution in [3.05, 3.63) is 33.4 Å². The van der Waals surface area contributed by atoms with Gasteiger partial charge in [0.1, 0.15) is 5.78 Å². The molecule has 0 spiro atoms. The van der Waals surface area contributed by atoms with Gasteiger partial charge in [-0.05, 0) is 61.0 Å². The van der Waals surface area contributed by atoms with Gasteiger partial charge in [0.05, 0.1) is 4.92 Å². The second-order valence-corrected chi connectivity index (χ2v) is 10.8. The van der Waals surface area contributed by atoms with E-state index in [-0.39, 0.29) is 41.4 Å². The molecule has 5 atom stereocenters. The highest BCUT2D eigenvalue weighted by atomic mass is 32.2. The number of nitrogens with zero attached hydrogens (tertiary/aromatic N) is 1. The molecule has 0 aliphatic heterocycles. The number of nitro benzene ring substituents is 1. The molecule has 176 valence electrons. The summed E-state index contributed by atoms with van der Waals surface area (Å²) in [5.41, 5.74) is -5.93. The van der Waals surface area contributed by atoms with Gasteiger partial charge < -0.3 is 4.18 Å². The maximum atomic E-state index is 12.8. The summed E-state index contributed by atoms with van der Waals surface area (Å²) in [6.07, 6.45) is 3.49. The van der Waals surface area contributed by atoms with Gasteiger partial charge in [0.25, 0.3) is 0 Å². The number of Topliss-reactive ketones (excluding diaryl/α,β-unsaturated/α-hetero) is 1. The molecule has 0 heterocycles. The van der Waals surface area contributed by atoms with E-state index in [0.29, 0.717) is 24.8 Å². The van der Waals surface area contributed by atoms with Crippen molar-refractivity contribution in [3.8, 4) is 5.75 Å². The molecule has 3 unspecified atom stereocenters. The molecule has 32 heavy (non-hydrogen) atoms. The summed E-state index contributed by atoms with van der Waals surface area (Å²) in [5.74, 6) is -0.335. The summed E-state index contributed by atoms with van der Waals surface area (Å²) in [7, 11) is -6.04. The second-order valence-electron chi connectivity index (χ2n) is 9.31. The van der Waals surface area contributed by atoms with Gasteiger partial charge in [-0.2, -0.15) is 21.6 Å². The fourth-order valence-electron chi connectivity index (χ4n) is 6.53. The molecule has 0 saturated heterocycles. The molecule has 0 N–H and O–H groups in total. The van der Waals surface area contributed by atoms with Crippen LogP contribution < -0.4 is 4.18 Å². The van der Waals surface area contributed by atoms with E-state index in [1.807, 2.05) is 13.8 Å². The van der Waals surface area contributed by atoms with Crippen LogP contribution in [0.4, 0.5) is 18.9 Å². The highest BCUT2D eigenvalue weighted by Gasteiger charge is 2.58. The lowest BCUT2D eigenvalue weighted by atomic mass is 9.51. The monoisotopic (exact) mass is 475 g/mol. The quantitative estimate of drug-likeness (QED) is 0.266. The normalized spacial score (nSPS) is 32.1. The molecule has 0 bridgehead atoms. The van der Waals surface area contributed by atoms with E-state index >= 15 is 0 Å². The van der Waals surface area contributed by atoms with Crippen LogP contribution in [0.1, 0.15) is 63.0 Å². The molecule has 0 amide bonds. The number of hydrogen-bond donors (Lipinski definition) is 0. The van der Waals surface area contributed by atoms with Crippen molar-refractivity contribution in [2.45, 2.75) is 63.8 Å². The third-order valence-corrected chi connectivity index (χ3v) is 8.83. The Labute approximate surface area is 183 Å². The number of benzene rings is 1. The highest BCUT2D eigenvalue weighted by molar-refractivity contribution is 7.88. The van der Waals surface area contributed by atoms with Crippen LogP contribution in [0.2, 0.25) is 0 Å². The van der Waals surface area contributed by atoms with E-state index in [1.54, 1.807) is 0 Å². The van der Waals surface area contributed by atoms with Gasteiger partial charge in [-0.3, -0.25) is 14.9 Å². The minimum atomic E-state index is -6.04. The summed E-state index contributed by atoms with van der Waals surface area (Å²) in [4.78, 5) is 23.6. The molecule has 11 heteroatoms. The lowest BCUT2D eigenvalue weighted by molar-refractivity contribution is -0.386. The van der Waals surface area contributed by atoms with Crippen molar-refractivity contribution in [2.75, 3.05) is 0 Å². The lowest BCUT2D eigenvalue weighted by Gasteiger charge is -2.52. The minimum Gasteiger partial charge on any atom is -0.369 e. The van der Waals surface area contributed by atoms with Gasteiger partial charge in [-0.25, -0.2) is 0 Å². The average Bonchev–Trinajstić information content (AvgIpc) is 2.99. The van der Waals surface area contributed by atoms with Crippen molar-refractivity contribution in [1.29, 1.82) is 0 Å². The number of carbonyl (C=O) groups is 1. The molecule has 7 nitrogen and oxygen atoms in total. The maximum Gasteiger partial charge on any atom is 0.534 e. The first-order valence-electron chi connectivity index (χ1n) is 10.7. The minimum absolute atomic E-state index is 0.0697. The molecule has 1 aromatic carbocycles. The molecule has 3 aliphatic rings. The predicted octanol–water partition coefficient (Wildman–Crippen LogP) is 4.88. The van der Waals surface area contributed by atoms with E-state index < -0.39 is 37.4 Å². The zero-order chi connectivity index (χ0) is 23.6. The summed E-state index contributed by atoms with van der Waals surface area (Å²) in [5, 5.41) is 11.8. The number of fused-ring (bicyclic) bond motifs is 5. The highest BCUT2D eigenvalue weighted by Crippen LogP contribution is 2.63. The Morgan fingerprint density at radius 3 is 2.53 bits per heavy atom. The van der Waals surface area contributed by atoms with Crippen molar-refractivity contribution in [3.63, 3.8) is 0 Å². The molecule has 4 rings (SSSR count). The largest absolute Gasteiger partial charge is 0.534 e. The summed E-state index contributed by atoms with van der Waals surface area (Å²) in [6.45, 7) is 4.02. The zero-order valence-electron chi connectivity index (χ0n) is 17.6. The Bertz CT molecular complexity index is 1090. The third-order valence-electron chi connectivity index (χ3n) is 7.87. The van der Waals surface area contributed by atoms with E-state index in [1.165, 1.54) is 6.07 Å². The van der Waals surface area contributed by atoms with Gasteiger partial charge in [0, 0.05) is 17.4 Å². The number of rotatable bonds is 4. The maximum absolute atomic E-state index is 12.8. The zero-order valence-corrected chi connectivity index (χ0v) is 18.5. The average molecular weight is 475 g/mol. The molecule has 0 aromatic heterocycles. The molecule has 2 fully saturated rings. The third kappa shape index (κ3) is 3.31. The van der Waals surface area contributed by atoms with Crippen LogP contribution in [0.25, 0.3) is 0 Å². The molecule has 0 radical (unpaired) electrons. The number of ketones is 1. The van der Waals surface area contributed by atoms with E-state index in [0.717, 1.165) is 18.9 Å². The van der Waals surface area contributed by atoms with Gasteiger partial charge in [0.2, 0.25) is 5.75 Å². The van der Waals surface area contributed by atoms with Crippen LogP contribution in [0.15, 0.2) is 12.1 Å². The Hall–Kier alpha value is -2.17. The predicted molar refractivity (Wildman–Crippen MR) is 107 cm³/mol. The molecule has 3 aliphatic carbocycles. The summed E-state index contributed by atoms with van der Waals surface area (Å²) in [6, 6.07) is 2.44. The topological polar surface area (TPSA) is 104 Å². The Kier molecular flexibility index (Phi) is 5.34. The molecular formula is C21H24F3NO6S. The first kappa shape index (κ1) is 23.0. The Balaban J connectivity index is 1.81. The molecule has 1 aromatic rings. The number of carbonyl (C=O) groups excluding carboxylic acids is 1. The van der Waals surface area contributed by atoms with Gasteiger partial charge in [-0.15, -0.1) is 0 Å². The smallest absolute Gasteiger partial charge is 0.369 e. The van der Waals surface area contributed by atoms with Gasteiger partial charge in [-0.1, -0.05) is 26.3 Å². The van der Waals surface area contributed by atoms with E-state index in [9.17, 15) is 36.5 Å². The summed E-state index contributed by atoms with van der Waals surface area (Å²) >= 11 is 0. The number of alkyl halides is 3. The SMILES string of the molecule is CC[C@H]1C[C@]2(C)C(=O)CCC2C2CCc3c(ccc(OS(=O)(=O)C(F)(F)F)c3[N+](=O)[O-])C21. The standard InChI is InChI=1S/C21H24F3NO6S/c1-3-11-10-20(2)15(7-9-17(20)26)14-5-4-13-12(18(11)14)6-8-16(19(13)25(27)28)31-32(29,30)21(22,23)24/h6,8,11,14-15,18H,3-5,7,9-10H2,1-2H3/t11-,14?,15?,18?,20-/m0/s1. The van der Waals surface area contributed by atoms with Crippen molar-refractivity contribution in [1.82, 2.24) is 0 Å². The van der Waals surface area contributed by atoms with Crippen LogP contribution in [0.3, 0.4) is 0 Å². The summed E-state index contributed by atoms with van der Waals surface area (Å²) < 4.78 is 65.5. The second kappa shape index (κ2) is 7.43. The fraction of sp³-hybridized carbons (Fsp3) is 0.667. The fourth-order valence-corrected chi connectivity index (χ4v) is 7.00. The van der Waals surface area contributed by atoms with Crippen LogP contribution in [0, 0.1) is 33.3 Å². The Morgan fingerprint density at radius 2 is 1.94 bits per heavy atom. The van der Waals surface area contributed by atoms with E-state index in [4.69, 9.17) is 0 Å². The number of hydrogen-bond acceptors (Lipinski definition) is 6. The molecule has 2 saturated carbocycles. The van der Waals surface area contributed by atoms with Crippen LogP contribution in [-0.2, 0) is 21.3 Å².